The maximum absolute atomic E-state index is 10.5. The van der Waals surface area contributed by atoms with Crippen molar-refractivity contribution in [1.82, 2.24) is 0 Å². The summed E-state index contributed by atoms with van der Waals surface area (Å²) in [5.41, 5.74) is 7.01. The molecule has 112 valence electrons. The highest BCUT2D eigenvalue weighted by Crippen LogP contribution is 2.29. The fourth-order valence-electron chi connectivity index (χ4n) is 1.74. The SMILES string of the molecule is COCCOc1ccc(C(N)CCCC(=O)O)cc1Br. The third kappa shape index (κ3) is 5.90. The van der Waals surface area contributed by atoms with E-state index in [0.29, 0.717) is 26.1 Å². The molecule has 3 N–H and O–H groups in total. The van der Waals surface area contributed by atoms with Gasteiger partial charge in [-0.2, -0.15) is 0 Å². The maximum Gasteiger partial charge on any atom is 0.303 e. The molecular weight excluding hydrogens is 326 g/mol. The maximum atomic E-state index is 10.5. The second-order valence-corrected chi connectivity index (χ2v) is 5.28. The van der Waals surface area contributed by atoms with E-state index in [2.05, 4.69) is 15.9 Å². The third-order valence-electron chi connectivity index (χ3n) is 2.83. The summed E-state index contributed by atoms with van der Waals surface area (Å²) in [5.74, 6) is -0.0520. The molecule has 0 aliphatic heterocycles. The van der Waals surface area contributed by atoms with Crippen molar-refractivity contribution < 1.29 is 19.4 Å². The highest BCUT2D eigenvalue weighted by atomic mass is 79.9. The van der Waals surface area contributed by atoms with Gasteiger partial charge in [0.1, 0.15) is 12.4 Å². The monoisotopic (exact) mass is 345 g/mol. The number of nitrogens with two attached hydrogens (primary N) is 1. The summed E-state index contributed by atoms with van der Waals surface area (Å²) < 4.78 is 11.3. The lowest BCUT2D eigenvalue weighted by Gasteiger charge is -2.14. The molecule has 0 aliphatic carbocycles. The summed E-state index contributed by atoms with van der Waals surface area (Å²) in [6.45, 7) is 1.02. The molecule has 1 aromatic rings. The Balaban J connectivity index is 2.54. The van der Waals surface area contributed by atoms with Crippen LogP contribution >= 0.6 is 15.9 Å². The van der Waals surface area contributed by atoms with E-state index in [0.717, 1.165) is 15.8 Å². The van der Waals surface area contributed by atoms with Gasteiger partial charge in [-0.3, -0.25) is 4.79 Å². The van der Waals surface area contributed by atoms with Gasteiger partial charge in [-0.25, -0.2) is 0 Å². The lowest BCUT2D eigenvalue weighted by atomic mass is 10.0. The number of benzene rings is 1. The molecule has 0 bridgehead atoms. The first kappa shape index (κ1) is 16.9. The van der Waals surface area contributed by atoms with Crippen molar-refractivity contribution in [3.63, 3.8) is 0 Å². The Bertz CT molecular complexity index is 439. The second-order valence-electron chi connectivity index (χ2n) is 4.42. The summed E-state index contributed by atoms with van der Waals surface area (Å²) in [6.07, 6.45) is 1.36. The van der Waals surface area contributed by atoms with E-state index in [1.54, 1.807) is 7.11 Å². The van der Waals surface area contributed by atoms with E-state index >= 15 is 0 Å². The van der Waals surface area contributed by atoms with Crippen LogP contribution in [0.5, 0.6) is 5.75 Å². The molecule has 0 radical (unpaired) electrons. The van der Waals surface area contributed by atoms with Crippen molar-refractivity contribution in [1.29, 1.82) is 0 Å². The lowest BCUT2D eigenvalue weighted by Crippen LogP contribution is -2.11. The first-order valence-electron chi connectivity index (χ1n) is 6.43. The molecule has 0 amide bonds. The molecule has 0 saturated heterocycles. The predicted octanol–water partition coefficient (Wildman–Crippen LogP) is 2.73. The van der Waals surface area contributed by atoms with Gasteiger partial charge in [0, 0.05) is 19.6 Å². The number of aliphatic carboxylic acids is 1. The quantitative estimate of drug-likeness (QED) is 0.672. The first-order valence-corrected chi connectivity index (χ1v) is 7.22. The lowest BCUT2D eigenvalue weighted by molar-refractivity contribution is -0.137. The number of halogens is 1. The van der Waals surface area contributed by atoms with Crippen molar-refractivity contribution in [2.75, 3.05) is 20.3 Å². The van der Waals surface area contributed by atoms with Gasteiger partial charge in [0.2, 0.25) is 0 Å². The fraction of sp³-hybridized carbons (Fsp3) is 0.500. The number of hydrogen-bond donors (Lipinski definition) is 2. The summed E-state index contributed by atoms with van der Waals surface area (Å²) in [4.78, 5) is 10.5. The Morgan fingerprint density at radius 2 is 2.20 bits per heavy atom. The molecule has 1 atom stereocenters. The molecule has 5 nitrogen and oxygen atoms in total. The molecule has 0 aliphatic rings. The minimum Gasteiger partial charge on any atom is -0.490 e. The smallest absolute Gasteiger partial charge is 0.303 e. The zero-order chi connectivity index (χ0) is 15.0. The minimum absolute atomic E-state index is 0.146. The molecule has 6 heteroatoms. The average Bonchev–Trinajstić information content (AvgIpc) is 2.40. The van der Waals surface area contributed by atoms with Gasteiger partial charge >= 0.3 is 5.97 Å². The number of carboxylic acids is 1. The van der Waals surface area contributed by atoms with Gasteiger partial charge in [0.25, 0.3) is 0 Å². The minimum atomic E-state index is -0.791. The van der Waals surface area contributed by atoms with E-state index in [9.17, 15) is 4.79 Å². The fourth-order valence-corrected chi connectivity index (χ4v) is 2.25. The third-order valence-corrected chi connectivity index (χ3v) is 3.45. The Morgan fingerprint density at radius 1 is 1.45 bits per heavy atom. The molecule has 20 heavy (non-hydrogen) atoms. The largest absolute Gasteiger partial charge is 0.490 e. The van der Waals surface area contributed by atoms with Crippen molar-refractivity contribution in [3.8, 4) is 5.75 Å². The topological polar surface area (TPSA) is 81.8 Å². The van der Waals surface area contributed by atoms with Crippen molar-refractivity contribution in [2.45, 2.75) is 25.3 Å². The van der Waals surface area contributed by atoms with E-state index in [4.69, 9.17) is 20.3 Å². The van der Waals surface area contributed by atoms with Crippen molar-refractivity contribution in [2.24, 2.45) is 5.73 Å². The number of rotatable bonds is 9. The number of hydrogen-bond acceptors (Lipinski definition) is 4. The number of ether oxygens (including phenoxy) is 2. The molecule has 0 heterocycles. The van der Waals surface area contributed by atoms with Gasteiger partial charge in [-0.05, 0) is 46.5 Å². The van der Waals surface area contributed by atoms with E-state index in [1.807, 2.05) is 18.2 Å². The highest BCUT2D eigenvalue weighted by molar-refractivity contribution is 9.10. The summed E-state index contributed by atoms with van der Waals surface area (Å²) in [7, 11) is 1.62. The van der Waals surface area contributed by atoms with Gasteiger partial charge in [0.15, 0.2) is 0 Å². The van der Waals surface area contributed by atoms with Gasteiger partial charge in [0.05, 0.1) is 11.1 Å². The van der Waals surface area contributed by atoms with Crippen LogP contribution in [0, 0.1) is 0 Å². The van der Waals surface area contributed by atoms with Crippen molar-refractivity contribution >= 4 is 21.9 Å². The summed E-state index contributed by atoms with van der Waals surface area (Å²) in [5, 5.41) is 8.61. The van der Waals surface area contributed by atoms with Crippen LogP contribution in [0.25, 0.3) is 0 Å². The van der Waals surface area contributed by atoms with Crippen LogP contribution in [0.15, 0.2) is 22.7 Å². The molecule has 1 rings (SSSR count). The number of carbonyl (C=O) groups is 1. The molecular formula is C14H20BrNO4. The van der Waals surface area contributed by atoms with E-state index < -0.39 is 5.97 Å². The number of methoxy groups -OCH3 is 1. The zero-order valence-electron chi connectivity index (χ0n) is 11.5. The molecule has 0 aromatic heterocycles. The zero-order valence-corrected chi connectivity index (χ0v) is 13.1. The standard InChI is InChI=1S/C14H20BrNO4/c1-19-7-8-20-13-6-5-10(9-11(13)15)12(16)3-2-4-14(17)18/h5-6,9,12H,2-4,7-8,16H2,1H3,(H,17,18). The second kappa shape index (κ2) is 8.94. The number of carboxylic acid groups (broad SMARTS) is 1. The Morgan fingerprint density at radius 3 is 2.80 bits per heavy atom. The van der Waals surface area contributed by atoms with Crippen LogP contribution in [0.2, 0.25) is 0 Å². The Hall–Kier alpha value is -1.11. The Labute approximate surface area is 127 Å². The highest BCUT2D eigenvalue weighted by Gasteiger charge is 2.10. The van der Waals surface area contributed by atoms with Crippen LogP contribution < -0.4 is 10.5 Å². The molecule has 0 fully saturated rings. The van der Waals surface area contributed by atoms with Crippen LogP contribution in [-0.2, 0) is 9.53 Å². The van der Waals surface area contributed by atoms with Crippen LogP contribution in [0.4, 0.5) is 0 Å². The summed E-state index contributed by atoms with van der Waals surface area (Å²) >= 11 is 3.44. The van der Waals surface area contributed by atoms with Gasteiger partial charge in [-0.15, -0.1) is 0 Å². The first-order chi connectivity index (χ1) is 9.54. The predicted molar refractivity (Wildman–Crippen MR) is 79.9 cm³/mol. The van der Waals surface area contributed by atoms with E-state index in [1.165, 1.54) is 0 Å². The van der Waals surface area contributed by atoms with Crippen LogP contribution in [0.1, 0.15) is 30.9 Å². The Kier molecular flexibility index (Phi) is 7.58. The normalized spacial score (nSPS) is 12.2. The molecule has 0 saturated carbocycles. The average molecular weight is 346 g/mol. The molecule has 1 unspecified atom stereocenters. The summed E-state index contributed by atoms with van der Waals surface area (Å²) in [6, 6.07) is 5.50. The van der Waals surface area contributed by atoms with Crippen molar-refractivity contribution in [3.05, 3.63) is 28.2 Å². The van der Waals surface area contributed by atoms with Gasteiger partial charge < -0.3 is 20.3 Å². The van der Waals surface area contributed by atoms with Gasteiger partial charge in [-0.1, -0.05) is 6.07 Å². The van der Waals surface area contributed by atoms with Crippen LogP contribution in [0.3, 0.4) is 0 Å². The van der Waals surface area contributed by atoms with E-state index in [-0.39, 0.29) is 12.5 Å². The van der Waals surface area contributed by atoms with Crippen LogP contribution in [-0.4, -0.2) is 31.4 Å². The molecule has 0 spiro atoms. The molecule has 1 aromatic carbocycles.